The standard InChI is InChI=1S/C17H34N2O2/c1-5-7-10-15-17(20)19(16(18-15)9-6-2)11-8-12-21-13-14(3)4/h14-16,18H,5-13H2,1-4H3. The highest BCUT2D eigenvalue weighted by atomic mass is 16.5. The molecule has 2 unspecified atom stereocenters. The van der Waals surface area contributed by atoms with E-state index in [0.29, 0.717) is 11.8 Å². The van der Waals surface area contributed by atoms with Crippen LogP contribution in [0.3, 0.4) is 0 Å². The molecular weight excluding hydrogens is 264 g/mol. The number of nitrogens with zero attached hydrogens (tertiary/aromatic N) is 1. The van der Waals surface area contributed by atoms with Crippen LogP contribution in [-0.4, -0.2) is 42.8 Å². The van der Waals surface area contributed by atoms with Crippen LogP contribution < -0.4 is 5.32 Å². The second-order valence-electron chi connectivity index (χ2n) is 6.52. The quantitative estimate of drug-likeness (QED) is 0.596. The van der Waals surface area contributed by atoms with E-state index in [1.807, 2.05) is 4.90 Å². The van der Waals surface area contributed by atoms with Crippen molar-refractivity contribution in [2.45, 2.75) is 78.4 Å². The van der Waals surface area contributed by atoms with Crippen molar-refractivity contribution in [3.63, 3.8) is 0 Å². The highest BCUT2D eigenvalue weighted by Gasteiger charge is 2.37. The van der Waals surface area contributed by atoms with Gasteiger partial charge in [0.05, 0.1) is 12.2 Å². The van der Waals surface area contributed by atoms with Gasteiger partial charge in [0.1, 0.15) is 0 Å². The Morgan fingerprint density at radius 1 is 1.19 bits per heavy atom. The Labute approximate surface area is 130 Å². The Morgan fingerprint density at radius 2 is 1.95 bits per heavy atom. The van der Waals surface area contributed by atoms with Gasteiger partial charge in [0, 0.05) is 19.8 Å². The molecule has 0 radical (unpaired) electrons. The van der Waals surface area contributed by atoms with Crippen LogP contribution in [0.4, 0.5) is 0 Å². The Hall–Kier alpha value is -0.610. The first-order valence-electron chi connectivity index (χ1n) is 8.74. The number of carbonyl (C=O) groups is 1. The lowest BCUT2D eigenvalue weighted by Gasteiger charge is -2.23. The number of unbranched alkanes of at least 4 members (excludes halogenated alkanes) is 1. The number of nitrogens with one attached hydrogen (secondary N) is 1. The minimum absolute atomic E-state index is 0.0399. The third-order valence-electron chi connectivity index (χ3n) is 3.90. The normalized spacial score (nSPS) is 22.5. The van der Waals surface area contributed by atoms with Crippen molar-refractivity contribution in [2.75, 3.05) is 19.8 Å². The molecule has 4 heteroatoms. The summed E-state index contributed by atoms with van der Waals surface area (Å²) in [6.45, 7) is 11.0. The maximum absolute atomic E-state index is 12.5. The molecule has 1 aliphatic heterocycles. The molecule has 0 aliphatic carbocycles. The van der Waals surface area contributed by atoms with Gasteiger partial charge >= 0.3 is 0 Å². The van der Waals surface area contributed by atoms with E-state index >= 15 is 0 Å². The van der Waals surface area contributed by atoms with E-state index in [-0.39, 0.29) is 12.2 Å². The summed E-state index contributed by atoms with van der Waals surface area (Å²) in [5.41, 5.74) is 0. The summed E-state index contributed by atoms with van der Waals surface area (Å²) in [7, 11) is 0. The number of carbonyl (C=O) groups excluding carboxylic acids is 1. The fourth-order valence-electron chi connectivity index (χ4n) is 2.80. The van der Waals surface area contributed by atoms with E-state index in [1.54, 1.807) is 0 Å². The average molecular weight is 298 g/mol. The molecule has 1 saturated heterocycles. The van der Waals surface area contributed by atoms with Crippen molar-refractivity contribution in [3.8, 4) is 0 Å². The van der Waals surface area contributed by atoms with E-state index in [2.05, 4.69) is 33.0 Å². The van der Waals surface area contributed by atoms with E-state index in [4.69, 9.17) is 4.74 Å². The van der Waals surface area contributed by atoms with Crippen molar-refractivity contribution in [1.82, 2.24) is 10.2 Å². The fourth-order valence-corrected chi connectivity index (χ4v) is 2.80. The maximum Gasteiger partial charge on any atom is 0.241 e. The van der Waals surface area contributed by atoms with Gasteiger partial charge in [0.15, 0.2) is 0 Å². The lowest BCUT2D eigenvalue weighted by atomic mass is 10.1. The second kappa shape index (κ2) is 10.2. The fraction of sp³-hybridized carbons (Fsp3) is 0.941. The molecule has 124 valence electrons. The highest BCUT2D eigenvalue weighted by molar-refractivity contribution is 5.84. The van der Waals surface area contributed by atoms with E-state index in [1.165, 1.54) is 0 Å². The van der Waals surface area contributed by atoms with Gasteiger partial charge in [-0.2, -0.15) is 0 Å². The maximum atomic E-state index is 12.5. The third kappa shape index (κ3) is 6.35. The zero-order valence-corrected chi connectivity index (χ0v) is 14.4. The van der Waals surface area contributed by atoms with Crippen LogP contribution in [0.25, 0.3) is 0 Å². The number of hydrogen-bond donors (Lipinski definition) is 1. The van der Waals surface area contributed by atoms with E-state index < -0.39 is 0 Å². The van der Waals surface area contributed by atoms with Crippen LogP contribution in [-0.2, 0) is 9.53 Å². The van der Waals surface area contributed by atoms with Crippen LogP contribution in [0.5, 0.6) is 0 Å². The molecule has 0 bridgehead atoms. The zero-order valence-electron chi connectivity index (χ0n) is 14.4. The Balaban J connectivity index is 2.38. The first-order chi connectivity index (χ1) is 10.1. The van der Waals surface area contributed by atoms with Crippen molar-refractivity contribution in [3.05, 3.63) is 0 Å². The summed E-state index contributed by atoms with van der Waals surface area (Å²) < 4.78 is 5.62. The zero-order chi connectivity index (χ0) is 15.7. The summed E-state index contributed by atoms with van der Waals surface area (Å²) in [4.78, 5) is 14.5. The summed E-state index contributed by atoms with van der Waals surface area (Å²) >= 11 is 0. The minimum Gasteiger partial charge on any atom is -0.381 e. The molecule has 21 heavy (non-hydrogen) atoms. The first-order valence-corrected chi connectivity index (χ1v) is 8.74. The lowest BCUT2D eigenvalue weighted by Crippen LogP contribution is -2.38. The molecule has 2 atom stereocenters. The number of rotatable bonds is 11. The van der Waals surface area contributed by atoms with Gasteiger partial charge in [-0.05, 0) is 25.2 Å². The largest absolute Gasteiger partial charge is 0.381 e. The minimum atomic E-state index is 0.0399. The first kappa shape index (κ1) is 18.4. The molecule has 0 spiro atoms. The Bertz CT molecular complexity index is 295. The number of ether oxygens (including phenoxy) is 1. The van der Waals surface area contributed by atoms with Gasteiger partial charge in [0.2, 0.25) is 5.91 Å². The molecule has 0 aromatic carbocycles. The topological polar surface area (TPSA) is 41.6 Å². The molecule has 0 saturated carbocycles. The summed E-state index contributed by atoms with van der Waals surface area (Å²) in [6.07, 6.45) is 6.54. The molecule has 1 heterocycles. The van der Waals surface area contributed by atoms with Gasteiger partial charge in [0.25, 0.3) is 0 Å². The molecular formula is C17H34N2O2. The summed E-state index contributed by atoms with van der Waals surface area (Å²) in [5.74, 6) is 0.872. The Morgan fingerprint density at radius 3 is 2.57 bits per heavy atom. The molecule has 1 fully saturated rings. The van der Waals surface area contributed by atoms with Gasteiger partial charge in [-0.3, -0.25) is 10.1 Å². The summed E-state index contributed by atoms with van der Waals surface area (Å²) in [6, 6.07) is 0.0399. The number of amides is 1. The molecule has 1 N–H and O–H groups in total. The third-order valence-corrected chi connectivity index (χ3v) is 3.90. The molecule has 1 amide bonds. The lowest BCUT2D eigenvalue weighted by molar-refractivity contribution is -0.130. The van der Waals surface area contributed by atoms with Crippen LogP contribution in [0.15, 0.2) is 0 Å². The molecule has 0 aromatic heterocycles. The Kier molecular flexibility index (Phi) is 8.93. The predicted octanol–water partition coefficient (Wildman–Crippen LogP) is 3.17. The molecule has 1 aliphatic rings. The van der Waals surface area contributed by atoms with Crippen LogP contribution >= 0.6 is 0 Å². The van der Waals surface area contributed by atoms with Crippen LogP contribution in [0.2, 0.25) is 0 Å². The van der Waals surface area contributed by atoms with Crippen molar-refractivity contribution >= 4 is 5.91 Å². The van der Waals surface area contributed by atoms with Gasteiger partial charge < -0.3 is 9.64 Å². The SMILES string of the molecule is CCCCC1NC(CCC)N(CCCOCC(C)C)C1=O. The van der Waals surface area contributed by atoms with Gasteiger partial charge in [-0.25, -0.2) is 0 Å². The van der Waals surface area contributed by atoms with Crippen molar-refractivity contribution in [2.24, 2.45) is 5.92 Å². The smallest absolute Gasteiger partial charge is 0.241 e. The predicted molar refractivity (Wildman–Crippen MR) is 87.1 cm³/mol. The van der Waals surface area contributed by atoms with E-state index in [9.17, 15) is 4.79 Å². The second-order valence-corrected chi connectivity index (χ2v) is 6.52. The average Bonchev–Trinajstić information content (AvgIpc) is 2.73. The monoisotopic (exact) mass is 298 g/mol. The molecule has 4 nitrogen and oxygen atoms in total. The summed E-state index contributed by atoms with van der Waals surface area (Å²) in [5, 5.41) is 3.52. The van der Waals surface area contributed by atoms with Crippen molar-refractivity contribution in [1.29, 1.82) is 0 Å². The van der Waals surface area contributed by atoms with Crippen LogP contribution in [0.1, 0.15) is 66.2 Å². The number of hydrogen-bond acceptors (Lipinski definition) is 3. The molecule has 1 rings (SSSR count). The van der Waals surface area contributed by atoms with Gasteiger partial charge in [-0.1, -0.05) is 47.0 Å². The molecule has 0 aromatic rings. The van der Waals surface area contributed by atoms with Crippen LogP contribution in [0, 0.1) is 5.92 Å². The van der Waals surface area contributed by atoms with Gasteiger partial charge in [-0.15, -0.1) is 0 Å². The highest BCUT2D eigenvalue weighted by Crippen LogP contribution is 2.19. The van der Waals surface area contributed by atoms with E-state index in [0.717, 1.165) is 58.3 Å². The van der Waals surface area contributed by atoms with Crippen molar-refractivity contribution < 1.29 is 9.53 Å².